The lowest BCUT2D eigenvalue weighted by atomic mass is 9.96. The minimum Gasteiger partial charge on any atom is -0.388 e. The lowest BCUT2D eigenvalue weighted by Gasteiger charge is -2.24. The van der Waals surface area contributed by atoms with E-state index in [-0.39, 0.29) is 12.1 Å². The summed E-state index contributed by atoms with van der Waals surface area (Å²) in [6.07, 6.45) is 1.62. The summed E-state index contributed by atoms with van der Waals surface area (Å²) < 4.78 is 5.55. The summed E-state index contributed by atoms with van der Waals surface area (Å²) in [7, 11) is 0. The molecule has 3 heteroatoms. The molecule has 2 N–H and O–H groups in total. The van der Waals surface area contributed by atoms with Crippen LogP contribution in [-0.4, -0.2) is 23.9 Å². The minimum absolute atomic E-state index is 0.00339. The molecule has 1 fully saturated rings. The van der Waals surface area contributed by atoms with Crippen LogP contribution in [0.15, 0.2) is 24.3 Å². The molecule has 0 radical (unpaired) electrons. The molecule has 0 saturated carbocycles. The molecule has 3 atom stereocenters. The van der Waals surface area contributed by atoms with Crippen LogP contribution in [0, 0.1) is 0 Å². The van der Waals surface area contributed by atoms with Crippen molar-refractivity contribution in [1.29, 1.82) is 0 Å². The van der Waals surface area contributed by atoms with Gasteiger partial charge in [0.05, 0.1) is 18.2 Å². The number of hydrogen-bond donors (Lipinski definition) is 2. The zero-order chi connectivity index (χ0) is 11.0. The van der Waals surface area contributed by atoms with Crippen LogP contribution in [0.5, 0.6) is 0 Å². The van der Waals surface area contributed by atoms with Gasteiger partial charge < -0.3 is 15.2 Å². The maximum Gasteiger partial charge on any atom is 0.0996 e. The van der Waals surface area contributed by atoms with Crippen LogP contribution in [0.1, 0.15) is 30.0 Å². The average molecular weight is 219 g/mol. The first-order chi connectivity index (χ1) is 7.86. The van der Waals surface area contributed by atoms with Gasteiger partial charge in [0.25, 0.3) is 0 Å². The summed E-state index contributed by atoms with van der Waals surface area (Å²) in [5, 5.41) is 13.7. The number of benzene rings is 1. The number of ether oxygens (including phenoxy) is 1. The summed E-state index contributed by atoms with van der Waals surface area (Å²) in [4.78, 5) is 0. The minimum atomic E-state index is -0.425. The van der Waals surface area contributed by atoms with Crippen molar-refractivity contribution < 1.29 is 9.84 Å². The maximum absolute atomic E-state index is 10.3. The highest BCUT2D eigenvalue weighted by atomic mass is 16.5. The Morgan fingerprint density at radius 2 is 2.25 bits per heavy atom. The number of nitrogens with one attached hydrogen (secondary N) is 1. The van der Waals surface area contributed by atoms with Gasteiger partial charge in [0.1, 0.15) is 0 Å². The second kappa shape index (κ2) is 4.17. The van der Waals surface area contributed by atoms with E-state index in [9.17, 15) is 5.11 Å². The van der Waals surface area contributed by atoms with Gasteiger partial charge in [-0.2, -0.15) is 0 Å². The summed E-state index contributed by atoms with van der Waals surface area (Å²) in [6.45, 7) is 1.64. The summed E-state index contributed by atoms with van der Waals surface area (Å²) in [5.74, 6) is 0. The van der Waals surface area contributed by atoms with Gasteiger partial charge in [-0.1, -0.05) is 24.3 Å². The number of fused-ring (bicyclic) bond motifs is 1. The maximum atomic E-state index is 10.3. The van der Waals surface area contributed by atoms with E-state index in [2.05, 4.69) is 17.4 Å². The van der Waals surface area contributed by atoms with Crippen LogP contribution < -0.4 is 5.32 Å². The van der Waals surface area contributed by atoms with E-state index in [1.165, 1.54) is 11.1 Å². The first-order valence-electron chi connectivity index (χ1n) is 5.97. The zero-order valence-electron chi connectivity index (χ0n) is 9.23. The molecule has 0 aliphatic carbocycles. The van der Waals surface area contributed by atoms with E-state index >= 15 is 0 Å². The van der Waals surface area contributed by atoms with E-state index < -0.39 is 6.10 Å². The molecule has 0 aromatic heterocycles. The third-order valence-corrected chi connectivity index (χ3v) is 3.59. The predicted octanol–water partition coefficient (Wildman–Crippen LogP) is 1.37. The molecule has 0 bridgehead atoms. The van der Waals surface area contributed by atoms with Crippen molar-refractivity contribution in [1.82, 2.24) is 5.32 Å². The molecular formula is C13H17NO2. The SMILES string of the molecule is OC(C1CCCO1)C1NCc2ccccc21. The highest BCUT2D eigenvalue weighted by Gasteiger charge is 2.35. The van der Waals surface area contributed by atoms with Crippen LogP contribution in [0.3, 0.4) is 0 Å². The number of aliphatic hydroxyl groups excluding tert-OH is 1. The van der Waals surface area contributed by atoms with Crippen molar-refractivity contribution in [2.75, 3.05) is 6.61 Å². The lowest BCUT2D eigenvalue weighted by Crippen LogP contribution is -2.36. The largest absolute Gasteiger partial charge is 0.388 e. The number of aliphatic hydroxyl groups is 1. The van der Waals surface area contributed by atoms with Crippen molar-refractivity contribution in [3.05, 3.63) is 35.4 Å². The summed E-state index contributed by atoms with van der Waals surface area (Å²) in [6, 6.07) is 8.32. The van der Waals surface area contributed by atoms with Gasteiger partial charge in [0.2, 0.25) is 0 Å². The van der Waals surface area contributed by atoms with E-state index in [0.717, 1.165) is 26.0 Å². The standard InChI is InChI=1S/C13H17NO2/c15-13(11-6-3-7-16-11)12-10-5-2-1-4-9(10)8-14-12/h1-2,4-5,11-15H,3,6-8H2. The summed E-state index contributed by atoms with van der Waals surface area (Å²) >= 11 is 0. The summed E-state index contributed by atoms with van der Waals surface area (Å²) in [5.41, 5.74) is 2.52. The molecule has 3 rings (SSSR count). The topological polar surface area (TPSA) is 41.5 Å². The normalized spacial score (nSPS) is 30.3. The van der Waals surface area contributed by atoms with Gasteiger partial charge >= 0.3 is 0 Å². The molecule has 86 valence electrons. The van der Waals surface area contributed by atoms with Crippen molar-refractivity contribution in [2.45, 2.75) is 37.6 Å². The Morgan fingerprint density at radius 1 is 1.38 bits per heavy atom. The molecule has 2 aliphatic heterocycles. The highest BCUT2D eigenvalue weighted by Crippen LogP contribution is 2.31. The highest BCUT2D eigenvalue weighted by molar-refractivity contribution is 5.34. The van der Waals surface area contributed by atoms with E-state index in [0.29, 0.717) is 0 Å². The van der Waals surface area contributed by atoms with E-state index in [4.69, 9.17) is 4.74 Å². The molecule has 3 nitrogen and oxygen atoms in total. The van der Waals surface area contributed by atoms with E-state index in [1.807, 2.05) is 12.1 Å². The first kappa shape index (κ1) is 10.3. The van der Waals surface area contributed by atoms with Crippen molar-refractivity contribution in [2.24, 2.45) is 0 Å². The predicted molar refractivity (Wildman–Crippen MR) is 61.0 cm³/mol. The van der Waals surface area contributed by atoms with Crippen molar-refractivity contribution in [3.8, 4) is 0 Å². The Balaban J connectivity index is 1.81. The first-order valence-corrected chi connectivity index (χ1v) is 5.97. The fourth-order valence-electron chi connectivity index (χ4n) is 2.72. The Bertz CT molecular complexity index is 374. The van der Waals surface area contributed by atoms with Gasteiger partial charge in [0, 0.05) is 13.2 Å². The van der Waals surface area contributed by atoms with Gasteiger partial charge in [0.15, 0.2) is 0 Å². The van der Waals surface area contributed by atoms with Gasteiger partial charge in [-0.05, 0) is 24.0 Å². The molecule has 0 amide bonds. The second-order valence-electron chi connectivity index (χ2n) is 4.60. The van der Waals surface area contributed by atoms with Gasteiger partial charge in [-0.25, -0.2) is 0 Å². The fraction of sp³-hybridized carbons (Fsp3) is 0.538. The molecule has 2 aliphatic rings. The lowest BCUT2D eigenvalue weighted by molar-refractivity contribution is -0.0194. The number of rotatable bonds is 2. The molecular weight excluding hydrogens is 202 g/mol. The molecule has 1 aromatic rings. The molecule has 16 heavy (non-hydrogen) atoms. The Morgan fingerprint density at radius 3 is 3.06 bits per heavy atom. The van der Waals surface area contributed by atoms with Crippen LogP contribution in [0.25, 0.3) is 0 Å². The van der Waals surface area contributed by atoms with Crippen LogP contribution >= 0.6 is 0 Å². The molecule has 2 heterocycles. The van der Waals surface area contributed by atoms with Crippen LogP contribution in [0.4, 0.5) is 0 Å². The quantitative estimate of drug-likeness (QED) is 0.789. The van der Waals surface area contributed by atoms with Crippen molar-refractivity contribution >= 4 is 0 Å². The Hall–Kier alpha value is -0.900. The molecule has 3 unspecified atom stereocenters. The third-order valence-electron chi connectivity index (χ3n) is 3.59. The zero-order valence-corrected chi connectivity index (χ0v) is 9.23. The van der Waals surface area contributed by atoms with Crippen LogP contribution in [0.2, 0.25) is 0 Å². The third kappa shape index (κ3) is 1.65. The fourth-order valence-corrected chi connectivity index (χ4v) is 2.72. The Kier molecular flexibility index (Phi) is 2.67. The average Bonchev–Trinajstić information content (AvgIpc) is 2.98. The molecule has 0 spiro atoms. The molecule has 1 aromatic carbocycles. The van der Waals surface area contributed by atoms with Crippen molar-refractivity contribution in [3.63, 3.8) is 0 Å². The Labute approximate surface area is 95.4 Å². The monoisotopic (exact) mass is 219 g/mol. The smallest absolute Gasteiger partial charge is 0.0996 e. The molecule has 1 saturated heterocycles. The second-order valence-corrected chi connectivity index (χ2v) is 4.60. The van der Waals surface area contributed by atoms with Gasteiger partial charge in [-0.3, -0.25) is 0 Å². The van der Waals surface area contributed by atoms with Crippen LogP contribution in [-0.2, 0) is 11.3 Å². The number of hydrogen-bond acceptors (Lipinski definition) is 3. The van der Waals surface area contributed by atoms with Gasteiger partial charge in [-0.15, -0.1) is 0 Å². The van der Waals surface area contributed by atoms with E-state index in [1.54, 1.807) is 0 Å².